The number of methoxy groups -OCH3 is 3. The zero-order valence-corrected chi connectivity index (χ0v) is 29.5. The predicted octanol–water partition coefficient (Wildman–Crippen LogP) is 9.76. The Morgan fingerprint density at radius 1 is 0.854 bits per heavy atom. The number of anilines is 1. The number of carbonyl (C=O) groups is 1. The van der Waals surface area contributed by atoms with Gasteiger partial charge in [-0.3, -0.25) is 4.79 Å². The van der Waals surface area contributed by atoms with Gasteiger partial charge in [0.05, 0.1) is 26.2 Å². The van der Waals surface area contributed by atoms with E-state index in [9.17, 15) is 4.79 Å². The standard InChI is InChI=1S/C40H48N2O5S/c1-26-22-31(16-20-35(26)45-3)29-14-10-27(11-15-29)23-33-34(42-39(43)30-8-6-5-7-9-30)19-21-36(38(33)37-24-41-40(46-4)48-37)47-25-28-12-17-32(44-2)18-13-28/h12-13,16-22,24,27,29-30H,5-11,14-15,23,25H2,1-4H3,(H,42,43). The molecule has 0 saturated heterocycles. The number of aryl methyl sites for hydroxylation is 1. The van der Waals surface area contributed by atoms with Crippen LogP contribution in [0.5, 0.6) is 22.4 Å². The fourth-order valence-corrected chi connectivity index (χ4v) is 8.25. The third-order valence-electron chi connectivity index (χ3n) is 10.2. The number of carbonyl (C=O) groups excluding carboxylic acids is 1. The van der Waals surface area contributed by atoms with Crippen molar-refractivity contribution in [3.63, 3.8) is 0 Å². The lowest BCUT2D eigenvalue weighted by molar-refractivity contribution is -0.120. The first-order chi connectivity index (χ1) is 23.4. The van der Waals surface area contributed by atoms with Gasteiger partial charge in [0.2, 0.25) is 5.91 Å². The Morgan fingerprint density at radius 3 is 2.27 bits per heavy atom. The summed E-state index contributed by atoms with van der Waals surface area (Å²) in [4.78, 5) is 19.1. The van der Waals surface area contributed by atoms with E-state index in [0.29, 0.717) is 23.6 Å². The number of rotatable bonds is 12. The number of benzene rings is 3. The Bertz CT molecular complexity index is 1670. The van der Waals surface area contributed by atoms with Crippen LogP contribution in [0.1, 0.15) is 86.0 Å². The number of nitrogens with zero attached hydrogens (tertiary/aromatic N) is 1. The minimum atomic E-state index is 0.0629. The SMILES string of the molecule is COc1ccc(COc2ccc(NC(=O)C3CCCCC3)c(CC3CCC(c4ccc(OC)c(C)c4)CC3)c2-c2cnc(OC)s2)cc1. The third kappa shape index (κ3) is 7.97. The van der Waals surface area contributed by atoms with Gasteiger partial charge in [-0.1, -0.05) is 54.9 Å². The number of ether oxygens (including phenoxy) is 4. The molecule has 8 heteroatoms. The predicted molar refractivity (Wildman–Crippen MR) is 193 cm³/mol. The van der Waals surface area contributed by atoms with Gasteiger partial charge < -0.3 is 24.3 Å². The van der Waals surface area contributed by atoms with Gasteiger partial charge in [-0.2, -0.15) is 0 Å². The summed E-state index contributed by atoms with van der Waals surface area (Å²) in [6.07, 6.45) is 12.6. The molecule has 2 fully saturated rings. The number of amides is 1. The van der Waals surface area contributed by atoms with E-state index in [1.807, 2.05) is 42.6 Å². The highest BCUT2D eigenvalue weighted by molar-refractivity contribution is 7.16. The molecule has 0 atom stereocenters. The number of nitrogens with one attached hydrogen (secondary N) is 1. The van der Waals surface area contributed by atoms with E-state index in [0.717, 1.165) is 102 Å². The fourth-order valence-electron chi connectivity index (χ4n) is 7.44. The molecule has 7 nitrogen and oxygen atoms in total. The molecule has 2 saturated carbocycles. The van der Waals surface area contributed by atoms with Crippen LogP contribution in [-0.2, 0) is 17.8 Å². The lowest BCUT2D eigenvalue weighted by Crippen LogP contribution is -2.26. The summed E-state index contributed by atoms with van der Waals surface area (Å²) >= 11 is 1.51. The Morgan fingerprint density at radius 2 is 1.60 bits per heavy atom. The maximum Gasteiger partial charge on any atom is 0.273 e. The molecule has 2 aliphatic rings. The molecule has 0 bridgehead atoms. The second kappa shape index (κ2) is 15.9. The van der Waals surface area contributed by atoms with Crippen LogP contribution < -0.4 is 24.3 Å². The molecule has 6 rings (SSSR count). The Labute approximate surface area is 289 Å². The number of hydrogen-bond acceptors (Lipinski definition) is 7. The van der Waals surface area contributed by atoms with Gasteiger partial charge in [0, 0.05) is 23.4 Å². The van der Waals surface area contributed by atoms with Crippen molar-refractivity contribution >= 4 is 22.9 Å². The summed E-state index contributed by atoms with van der Waals surface area (Å²) in [5.74, 6) is 3.76. The van der Waals surface area contributed by atoms with Gasteiger partial charge in [-0.05, 0) is 116 Å². The average molecular weight is 669 g/mol. The highest BCUT2D eigenvalue weighted by Crippen LogP contribution is 2.46. The molecule has 0 spiro atoms. The van der Waals surface area contributed by atoms with Gasteiger partial charge in [-0.15, -0.1) is 0 Å². The van der Waals surface area contributed by atoms with E-state index in [1.54, 1.807) is 21.3 Å². The summed E-state index contributed by atoms with van der Waals surface area (Å²) < 4.78 is 23.0. The van der Waals surface area contributed by atoms with Crippen LogP contribution in [-0.4, -0.2) is 32.2 Å². The van der Waals surface area contributed by atoms with E-state index in [-0.39, 0.29) is 11.8 Å². The number of thiazole rings is 1. The smallest absolute Gasteiger partial charge is 0.273 e. The summed E-state index contributed by atoms with van der Waals surface area (Å²) in [5, 5.41) is 4.00. The Balaban J connectivity index is 1.31. The van der Waals surface area contributed by atoms with E-state index >= 15 is 0 Å². The van der Waals surface area contributed by atoms with Crippen molar-refractivity contribution in [1.82, 2.24) is 4.98 Å². The van der Waals surface area contributed by atoms with E-state index in [4.69, 9.17) is 18.9 Å². The van der Waals surface area contributed by atoms with Crippen molar-refractivity contribution in [2.45, 2.75) is 83.7 Å². The second-order valence-corrected chi connectivity index (χ2v) is 14.3. The van der Waals surface area contributed by atoms with Gasteiger partial charge in [0.15, 0.2) is 0 Å². The van der Waals surface area contributed by atoms with Gasteiger partial charge in [-0.25, -0.2) is 4.98 Å². The molecule has 1 N–H and O–H groups in total. The summed E-state index contributed by atoms with van der Waals surface area (Å²) in [5.41, 5.74) is 6.65. The van der Waals surface area contributed by atoms with Crippen molar-refractivity contribution in [2.75, 3.05) is 26.6 Å². The number of aromatic nitrogens is 1. The Hall–Kier alpha value is -4.04. The number of hydrogen-bond donors (Lipinski definition) is 1. The molecular formula is C40H48N2O5S. The first-order valence-electron chi connectivity index (χ1n) is 17.3. The first-order valence-corrected chi connectivity index (χ1v) is 18.1. The third-order valence-corrected chi connectivity index (χ3v) is 11.2. The van der Waals surface area contributed by atoms with Crippen LogP contribution in [0.2, 0.25) is 0 Å². The maximum atomic E-state index is 13.6. The Kier molecular flexibility index (Phi) is 11.2. The molecule has 1 amide bonds. The van der Waals surface area contributed by atoms with Crippen molar-refractivity contribution in [3.05, 3.63) is 83.0 Å². The van der Waals surface area contributed by atoms with Crippen LogP contribution in [0.4, 0.5) is 5.69 Å². The molecule has 254 valence electrons. The minimum Gasteiger partial charge on any atom is -0.497 e. The maximum absolute atomic E-state index is 13.6. The monoisotopic (exact) mass is 668 g/mol. The van der Waals surface area contributed by atoms with Crippen molar-refractivity contribution in [3.8, 4) is 32.9 Å². The molecule has 3 aromatic carbocycles. The summed E-state index contributed by atoms with van der Waals surface area (Å²) in [7, 11) is 5.05. The van der Waals surface area contributed by atoms with Crippen LogP contribution in [0, 0.1) is 18.8 Å². The first kappa shape index (κ1) is 33.8. The quantitative estimate of drug-likeness (QED) is 0.162. The lowest BCUT2D eigenvalue weighted by Gasteiger charge is -2.31. The zero-order chi connectivity index (χ0) is 33.5. The fraction of sp³-hybridized carbons (Fsp3) is 0.450. The molecule has 0 radical (unpaired) electrons. The van der Waals surface area contributed by atoms with Crippen molar-refractivity contribution in [1.29, 1.82) is 0 Å². The van der Waals surface area contributed by atoms with E-state index < -0.39 is 0 Å². The van der Waals surface area contributed by atoms with Gasteiger partial charge >= 0.3 is 0 Å². The highest BCUT2D eigenvalue weighted by Gasteiger charge is 2.29. The summed E-state index contributed by atoms with van der Waals surface area (Å²) in [6.45, 7) is 2.53. The second-order valence-electron chi connectivity index (χ2n) is 13.3. The van der Waals surface area contributed by atoms with Crippen LogP contribution in [0.3, 0.4) is 0 Å². The van der Waals surface area contributed by atoms with Crippen LogP contribution in [0.15, 0.2) is 60.8 Å². The van der Waals surface area contributed by atoms with Crippen molar-refractivity contribution < 1.29 is 23.7 Å². The molecule has 1 heterocycles. The van der Waals surface area contributed by atoms with Crippen molar-refractivity contribution in [2.24, 2.45) is 11.8 Å². The molecule has 48 heavy (non-hydrogen) atoms. The average Bonchev–Trinajstić information content (AvgIpc) is 3.61. The normalized spacial score (nSPS) is 18.2. The molecular weight excluding hydrogens is 621 g/mol. The minimum absolute atomic E-state index is 0.0629. The largest absolute Gasteiger partial charge is 0.497 e. The molecule has 2 aliphatic carbocycles. The molecule has 1 aromatic heterocycles. The molecule has 0 unspecified atom stereocenters. The van der Waals surface area contributed by atoms with Crippen LogP contribution in [0.25, 0.3) is 10.4 Å². The van der Waals surface area contributed by atoms with Gasteiger partial charge in [0.1, 0.15) is 23.9 Å². The highest BCUT2D eigenvalue weighted by atomic mass is 32.1. The zero-order valence-electron chi connectivity index (χ0n) is 28.7. The lowest BCUT2D eigenvalue weighted by atomic mass is 9.75. The molecule has 4 aromatic rings. The topological polar surface area (TPSA) is 78.9 Å². The van der Waals surface area contributed by atoms with Crippen LogP contribution >= 0.6 is 11.3 Å². The van der Waals surface area contributed by atoms with Gasteiger partial charge in [0.25, 0.3) is 5.19 Å². The van der Waals surface area contributed by atoms with E-state index in [1.165, 1.54) is 28.9 Å². The molecule has 0 aliphatic heterocycles. The van der Waals surface area contributed by atoms with E-state index in [2.05, 4.69) is 35.4 Å². The summed E-state index contributed by atoms with van der Waals surface area (Å²) in [6, 6.07) is 18.6.